The normalized spacial score (nSPS) is 14.2. The van der Waals surface area contributed by atoms with Crippen molar-refractivity contribution in [1.29, 1.82) is 0 Å². The summed E-state index contributed by atoms with van der Waals surface area (Å²) in [6.45, 7) is 3.04. The molecule has 1 aliphatic heterocycles. The molecule has 36 heavy (non-hydrogen) atoms. The lowest BCUT2D eigenvalue weighted by Gasteiger charge is -2.30. The molecular formula is C24H28N4O6S2. The van der Waals surface area contributed by atoms with Gasteiger partial charge < -0.3 is 19.7 Å². The smallest absolute Gasteiger partial charge is 0.265 e. The van der Waals surface area contributed by atoms with E-state index in [0.717, 1.165) is 31.9 Å². The van der Waals surface area contributed by atoms with Crippen LogP contribution in [0.5, 0.6) is 11.5 Å². The Labute approximate surface area is 211 Å². The Kier molecular flexibility index (Phi) is 7.57. The molecule has 192 valence electrons. The number of hydrogen-bond acceptors (Lipinski definition) is 8. The molecule has 1 heterocycles. The zero-order valence-corrected chi connectivity index (χ0v) is 21.5. The summed E-state index contributed by atoms with van der Waals surface area (Å²) >= 11 is 0. The highest BCUT2D eigenvalue weighted by Gasteiger charge is 2.24. The molecular weight excluding hydrogens is 504 g/mol. The first-order valence-electron chi connectivity index (χ1n) is 11.2. The molecule has 1 fully saturated rings. The van der Waals surface area contributed by atoms with Crippen molar-refractivity contribution in [3.8, 4) is 11.5 Å². The van der Waals surface area contributed by atoms with Gasteiger partial charge in [-0.15, -0.1) is 0 Å². The Balaban J connectivity index is 1.75. The van der Waals surface area contributed by atoms with Crippen molar-refractivity contribution in [3.63, 3.8) is 0 Å². The summed E-state index contributed by atoms with van der Waals surface area (Å²) in [6, 6.07) is 17.2. The number of piperazine rings is 1. The highest BCUT2D eigenvalue weighted by Crippen LogP contribution is 2.34. The number of nitrogens with one attached hydrogen (secondary N) is 3. The van der Waals surface area contributed by atoms with Gasteiger partial charge in [0, 0.05) is 37.9 Å². The average Bonchev–Trinajstić information content (AvgIpc) is 2.90. The quantitative estimate of drug-likeness (QED) is 0.384. The number of anilines is 3. The van der Waals surface area contributed by atoms with Crippen molar-refractivity contribution in [2.45, 2.75) is 9.79 Å². The summed E-state index contributed by atoms with van der Waals surface area (Å²) < 4.78 is 68.5. The predicted molar refractivity (Wildman–Crippen MR) is 139 cm³/mol. The van der Waals surface area contributed by atoms with Crippen LogP contribution in [-0.2, 0) is 20.0 Å². The zero-order valence-electron chi connectivity index (χ0n) is 19.9. The van der Waals surface area contributed by atoms with E-state index in [-0.39, 0.29) is 26.9 Å². The molecule has 3 N–H and O–H groups in total. The summed E-state index contributed by atoms with van der Waals surface area (Å²) in [5, 5.41) is 3.27. The second-order valence-electron chi connectivity index (χ2n) is 8.01. The highest BCUT2D eigenvalue weighted by molar-refractivity contribution is 7.93. The van der Waals surface area contributed by atoms with E-state index in [1.807, 2.05) is 0 Å². The molecule has 0 radical (unpaired) electrons. The predicted octanol–water partition coefficient (Wildman–Crippen LogP) is 2.71. The van der Waals surface area contributed by atoms with E-state index in [1.54, 1.807) is 42.5 Å². The molecule has 0 amide bonds. The Hall–Kier alpha value is -3.48. The topological polar surface area (TPSA) is 126 Å². The third-order valence-corrected chi connectivity index (χ3v) is 8.46. The van der Waals surface area contributed by atoms with E-state index in [0.29, 0.717) is 5.75 Å². The van der Waals surface area contributed by atoms with Crippen LogP contribution in [0.1, 0.15) is 0 Å². The van der Waals surface area contributed by atoms with Crippen molar-refractivity contribution in [1.82, 2.24) is 5.32 Å². The van der Waals surface area contributed by atoms with Gasteiger partial charge in [-0.3, -0.25) is 9.44 Å². The summed E-state index contributed by atoms with van der Waals surface area (Å²) in [5.41, 5.74) is 0.933. The Bertz CT molecular complexity index is 1420. The van der Waals surface area contributed by atoms with Crippen LogP contribution < -0.4 is 29.1 Å². The average molecular weight is 533 g/mol. The maximum atomic E-state index is 13.4. The van der Waals surface area contributed by atoms with Crippen molar-refractivity contribution >= 4 is 37.1 Å². The Morgan fingerprint density at radius 3 is 2.14 bits per heavy atom. The van der Waals surface area contributed by atoms with Crippen molar-refractivity contribution in [2.24, 2.45) is 0 Å². The van der Waals surface area contributed by atoms with Crippen LogP contribution >= 0.6 is 0 Å². The van der Waals surface area contributed by atoms with Crippen molar-refractivity contribution in [2.75, 3.05) is 54.7 Å². The molecule has 4 rings (SSSR count). The van der Waals surface area contributed by atoms with Crippen LogP contribution in [0, 0.1) is 0 Å². The summed E-state index contributed by atoms with van der Waals surface area (Å²) in [6.07, 6.45) is 0. The van der Waals surface area contributed by atoms with Crippen LogP contribution in [0.25, 0.3) is 0 Å². The van der Waals surface area contributed by atoms with Gasteiger partial charge in [-0.1, -0.05) is 18.2 Å². The maximum absolute atomic E-state index is 13.4. The number of sulfonamides is 2. The lowest BCUT2D eigenvalue weighted by atomic mass is 10.2. The molecule has 3 aromatic carbocycles. The van der Waals surface area contributed by atoms with E-state index in [4.69, 9.17) is 9.47 Å². The number of hydrogen-bond donors (Lipinski definition) is 3. The molecule has 0 aromatic heterocycles. The fourth-order valence-corrected chi connectivity index (χ4v) is 6.18. The van der Waals surface area contributed by atoms with Gasteiger partial charge in [0.1, 0.15) is 16.4 Å². The van der Waals surface area contributed by atoms with Gasteiger partial charge in [0.2, 0.25) is 0 Å². The van der Waals surface area contributed by atoms with Gasteiger partial charge in [-0.05, 0) is 42.5 Å². The van der Waals surface area contributed by atoms with Crippen molar-refractivity contribution in [3.05, 3.63) is 66.7 Å². The van der Waals surface area contributed by atoms with Crippen LogP contribution in [0.2, 0.25) is 0 Å². The van der Waals surface area contributed by atoms with Crippen molar-refractivity contribution < 1.29 is 26.3 Å². The van der Waals surface area contributed by atoms with Gasteiger partial charge in [-0.2, -0.15) is 0 Å². The molecule has 0 saturated carbocycles. The Morgan fingerprint density at radius 2 is 1.47 bits per heavy atom. The van der Waals surface area contributed by atoms with E-state index in [1.165, 1.54) is 38.5 Å². The van der Waals surface area contributed by atoms with Crippen LogP contribution in [-0.4, -0.2) is 57.2 Å². The Morgan fingerprint density at radius 1 is 0.778 bits per heavy atom. The second kappa shape index (κ2) is 10.6. The fraction of sp³-hybridized carbons (Fsp3) is 0.250. The molecule has 0 spiro atoms. The first kappa shape index (κ1) is 25.6. The highest BCUT2D eigenvalue weighted by atomic mass is 32.2. The van der Waals surface area contributed by atoms with E-state index < -0.39 is 20.0 Å². The molecule has 0 aliphatic carbocycles. The van der Waals surface area contributed by atoms with Gasteiger partial charge in [0.15, 0.2) is 0 Å². The number of benzene rings is 3. The molecule has 0 bridgehead atoms. The summed E-state index contributed by atoms with van der Waals surface area (Å²) in [4.78, 5) is 2.01. The van der Waals surface area contributed by atoms with Gasteiger partial charge in [-0.25, -0.2) is 16.8 Å². The SMILES string of the molecule is COc1ccc(OC)c(S(=O)(=O)Nc2ccc(N3CCNCC3)cc2NS(=O)(=O)c2ccccc2)c1. The first-order valence-corrected chi connectivity index (χ1v) is 14.1. The monoisotopic (exact) mass is 532 g/mol. The number of methoxy groups -OCH3 is 2. The van der Waals surface area contributed by atoms with E-state index >= 15 is 0 Å². The minimum atomic E-state index is -4.18. The van der Waals surface area contributed by atoms with Gasteiger partial charge in [0.05, 0.1) is 30.5 Å². The van der Waals surface area contributed by atoms with Crippen LogP contribution in [0.3, 0.4) is 0 Å². The molecule has 1 saturated heterocycles. The van der Waals surface area contributed by atoms with Gasteiger partial charge in [0.25, 0.3) is 20.0 Å². The molecule has 1 aliphatic rings. The number of ether oxygens (including phenoxy) is 2. The first-order chi connectivity index (χ1) is 17.2. The maximum Gasteiger partial charge on any atom is 0.265 e. The third-order valence-electron chi connectivity index (χ3n) is 5.69. The van der Waals surface area contributed by atoms with E-state index in [2.05, 4.69) is 19.7 Å². The minimum Gasteiger partial charge on any atom is -0.497 e. The second-order valence-corrected chi connectivity index (χ2v) is 11.3. The fourth-order valence-electron chi connectivity index (χ4n) is 3.82. The standard InChI is InChI=1S/C24H28N4O6S2/c1-33-19-9-11-23(34-2)24(17-19)36(31,32)26-21-10-8-18(28-14-12-25-13-15-28)16-22(21)27-35(29,30)20-6-4-3-5-7-20/h3-11,16-17,25-27H,12-15H2,1-2H3. The zero-order chi connectivity index (χ0) is 25.8. The lowest BCUT2D eigenvalue weighted by molar-refractivity contribution is 0.392. The number of nitrogens with zero attached hydrogens (tertiary/aromatic N) is 1. The third kappa shape index (κ3) is 5.66. The molecule has 0 atom stereocenters. The molecule has 12 heteroatoms. The van der Waals surface area contributed by atoms with Crippen LogP contribution in [0.15, 0.2) is 76.5 Å². The molecule has 0 unspecified atom stereocenters. The lowest BCUT2D eigenvalue weighted by Crippen LogP contribution is -2.43. The minimum absolute atomic E-state index is 0.0563. The van der Waals surface area contributed by atoms with Crippen LogP contribution in [0.4, 0.5) is 17.1 Å². The van der Waals surface area contributed by atoms with E-state index in [9.17, 15) is 16.8 Å². The summed E-state index contributed by atoms with van der Waals surface area (Å²) in [5.74, 6) is 0.447. The summed E-state index contributed by atoms with van der Waals surface area (Å²) in [7, 11) is -5.38. The molecule has 10 nitrogen and oxygen atoms in total. The number of rotatable bonds is 9. The molecule has 3 aromatic rings. The largest absolute Gasteiger partial charge is 0.497 e. The van der Waals surface area contributed by atoms with Gasteiger partial charge >= 0.3 is 0 Å².